The Balaban J connectivity index is 1.97. The number of fused-ring (bicyclic) bond motifs is 1. The van der Waals surface area contributed by atoms with Crippen LogP contribution in [0, 0.1) is 0 Å². The van der Waals surface area contributed by atoms with Gasteiger partial charge >= 0.3 is 0 Å². The van der Waals surface area contributed by atoms with Gasteiger partial charge in [0.15, 0.2) is 5.76 Å². The maximum absolute atomic E-state index is 5.98. The standard InChI is InChI=1S/C15H14ClN3O/c1-2-6-17-15-18-7-5-12(19-15)14-9-10-8-11(16)3-4-13(10)20-14/h3-5,7-9H,2,6H2,1H3,(H,17,18,19). The van der Waals surface area contributed by atoms with Crippen LogP contribution >= 0.6 is 11.6 Å². The van der Waals surface area contributed by atoms with Gasteiger partial charge in [-0.1, -0.05) is 18.5 Å². The van der Waals surface area contributed by atoms with Crippen molar-refractivity contribution in [2.45, 2.75) is 13.3 Å². The first-order chi connectivity index (χ1) is 9.76. The van der Waals surface area contributed by atoms with Gasteiger partial charge in [0.25, 0.3) is 0 Å². The van der Waals surface area contributed by atoms with E-state index < -0.39 is 0 Å². The van der Waals surface area contributed by atoms with Crippen molar-refractivity contribution in [3.05, 3.63) is 41.6 Å². The van der Waals surface area contributed by atoms with Gasteiger partial charge in [-0.25, -0.2) is 9.97 Å². The molecule has 0 amide bonds. The van der Waals surface area contributed by atoms with E-state index in [0.717, 1.165) is 29.6 Å². The Hall–Kier alpha value is -2.07. The molecule has 0 aliphatic carbocycles. The first kappa shape index (κ1) is 12.9. The van der Waals surface area contributed by atoms with E-state index in [-0.39, 0.29) is 0 Å². The second-order valence-corrected chi connectivity index (χ2v) is 4.92. The summed E-state index contributed by atoms with van der Waals surface area (Å²) in [5, 5.41) is 4.82. The van der Waals surface area contributed by atoms with Crippen molar-refractivity contribution >= 4 is 28.5 Å². The lowest BCUT2D eigenvalue weighted by Crippen LogP contribution is -2.04. The van der Waals surface area contributed by atoms with Crippen LogP contribution in [0.2, 0.25) is 5.02 Å². The van der Waals surface area contributed by atoms with Crippen molar-refractivity contribution in [1.82, 2.24) is 9.97 Å². The predicted molar refractivity (Wildman–Crippen MR) is 81.0 cm³/mol. The molecule has 0 saturated heterocycles. The maximum Gasteiger partial charge on any atom is 0.223 e. The van der Waals surface area contributed by atoms with E-state index in [1.54, 1.807) is 6.20 Å². The molecule has 0 saturated carbocycles. The molecule has 3 rings (SSSR count). The minimum atomic E-state index is 0.614. The van der Waals surface area contributed by atoms with Crippen LogP contribution in [0.4, 0.5) is 5.95 Å². The van der Waals surface area contributed by atoms with Crippen LogP contribution < -0.4 is 5.32 Å². The van der Waals surface area contributed by atoms with Crippen LogP contribution in [0.5, 0.6) is 0 Å². The first-order valence-electron chi connectivity index (χ1n) is 6.52. The average Bonchev–Trinajstić information content (AvgIpc) is 2.88. The van der Waals surface area contributed by atoms with Gasteiger partial charge in [0.05, 0.1) is 0 Å². The number of benzene rings is 1. The summed E-state index contributed by atoms with van der Waals surface area (Å²) in [7, 11) is 0. The van der Waals surface area contributed by atoms with Crippen molar-refractivity contribution in [2.75, 3.05) is 11.9 Å². The van der Waals surface area contributed by atoms with E-state index in [1.807, 2.05) is 30.3 Å². The Bertz CT molecular complexity index is 739. The number of rotatable bonds is 4. The molecule has 0 unspecified atom stereocenters. The zero-order valence-corrected chi connectivity index (χ0v) is 11.8. The second kappa shape index (κ2) is 5.51. The van der Waals surface area contributed by atoms with Crippen molar-refractivity contribution in [3.8, 4) is 11.5 Å². The summed E-state index contributed by atoms with van der Waals surface area (Å²) in [6.07, 6.45) is 2.75. The minimum absolute atomic E-state index is 0.614. The normalized spacial score (nSPS) is 10.9. The SMILES string of the molecule is CCCNc1nccc(-c2cc3cc(Cl)ccc3o2)n1. The summed E-state index contributed by atoms with van der Waals surface area (Å²) >= 11 is 5.98. The lowest BCUT2D eigenvalue weighted by Gasteiger charge is -2.03. The van der Waals surface area contributed by atoms with Crippen LogP contribution in [0.15, 0.2) is 40.9 Å². The summed E-state index contributed by atoms with van der Waals surface area (Å²) in [6.45, 7) is 2.94. The molecular formula is C15H14ClN3O. The number of aromatic nitrogens is 2. The van der Waals surface area contributed by atoms with Gasteiger partial charge in [0, 0.05) is 23.2 Å². The highest BCUT2D eigenvalue weighted by molar-refractivity contribution is 6.31. The zero-order chi connectivity index (χ0) is 13.9. The summed E-state index contributed by atoms with van der Waals surface area (Å²) < 4.78 is 5.79. The molecule has 2 aromatic heterocycles. The van der Waals surface area contributed by atoms with Crippen LogP contribution in [0.3, 0.4) is 0 Å². The van der Waals surface area contributed by atoms with E-state index in [1.165, 1.54) is 0 Å². The Kier molecular flexibility index (Phi) is 3.56. The second-order valence-electron chi connectivity index (χ2n) is 4.49. The van der Waals surface area contributed by atoms with Crippen LogP contribution in [0.1, 0.15) is 13.3 Å². The van der Waals surface area contributed by atoms with Crippen LogP contribution in [-0.4, -0.2) is 16.5 Å². The number of furan rings is 1. The largest absolute Gasteiger partial charge is 0.454 e. The van der Waals surface area contributed by atoms with E-state index in [9.17, 15) is 0 Å². The third-order valence-corrected chi connectivity index (χ3v) is 3.15. The molecule has 20 heavy (non-hydrogen) atoms. The van der Waals surface area contributed by atoms with E-state index >= 15 is 0 Å². The molecule has 2 heterocycles. The van der Waals surface area contributed by atoms with Crippen LogP contribution in [-0.2, 0) is 0 Å². The molecule has 4 nitrogen and oxygen atoms in total. The maximum atomic E-state index is 5.98. The third-order valence-electron chi connectivity index (χ3n) is 2.92. The monoisotopic (exact) mass is 287 g/mol. The fraction of sp³-hybridized carbons (Fsp3) is 0.200. The molecule has 0 atom stereocenters. The smallest absolute Gasteiger partial charge is 0.223 e. The number of hydrogen-bond acceptors (Lipinski definition) is 4. The number of hydrogen-bond donors (Lipinski definition) is 1. The van der Waals surface area contributed by atoms with Crippen molar-refractivity contribution < 1.29 is 4.42 Å². The average molecular weight is 288 g/mol. The zero-order valence-electron chi connectivity index (χ0n) is 11.1. The lowest BCUT2D eigenvalue weighted by atomic mass is 10.2. The predicted octanol–water partition coefficient (Wildman–Crippen LogP) is 4.37. The number of nitrogens with zero attached hydrogens (tertiary/aromatic N) is 2. The summed E-state index contributed by atoms with van der Waals surface area (Å²) in [5.74, 6) is 1.33. The molecule has 1 aromatic carbocycles. The van der Waals surface area contributed by atoms with Gasteiger partial charge in [-0.3, -0.25) is 0 Å². The topological polar surface area (TPSA) is 51.0 Å². The molecule has 0 aliphatic rings. The Morgan fingerprint density at radius 2 is 2.15 bits per heavy atom. The highest BCUT2D eigenvalue weighted by atomic mass is 35.5. The first-order valence-corrected chi connectivity index (χ1v) is 6.90. The molecule has 102 valence electrons. The molecule has 0 bridgehead atoms. The molecule has 5 heteroatoms. The Morgan fingerprint density at radius 1 is 1.25 bits per heavy atom. The highest BCUT2D eigenvalue weighted by Gasteiger charge is 2.09. The minimum Gasteiger partial charge on any atom is -0.454 e. The molecule has 1 N–H and O–H groups in total. The number of anilines is 1. The van der Waals surface area contributed by atoms with E-state index in [4.69, 9.17) is 16.0 Å². The van der Waals surface area contributed by atoms with Gasteiger partial charge in [0.2, 0.25) is 5.95 Å². The van der Waals surface area contributed by atoms with Gasteiger partial charge in [-0.2, -0.15) is 0 Å². The fourth-order valence-electron chi connectivity index (χ4n) is 1.96. The Morgan fingerprint density at radius 3 is 3.00 bits per heavy atom. The summed E-state index contributed by atoms with van der Waals surface area (Å²) in [4.78, 5) is 8.63. The van der Waals surface area contributed by atoms with Gasteiger partial charge in [0.1, 0.15) is 11.3 Å². The number of nitrogens with one attached hydrogen (secondary N) is 1. The van der Waals surface area contributed by atoms with E-state index in [2.05, 4.69) is 22.2 Å². The molecule has 3 aromatic rings. The van der Waals surface area contributed by atoms with Gasteiger partial charge in [-0.15, -0.1) is 0 Å². The third kappa shape index (κ3) is 2.60. The van der Waals surface area contributed by atoms with Crippen molar-refractivity contribution in [3.63, 3.8) is 0 Å². The molecule has 0 spiro atoms. The van der Waals surface area contributed by atoms with Crippen molar-refractivity contribution in [1.29, 1.82) is 0 Å². The quantitative estimate of drug-likeness (QED) is 0.774. The number of halogens is 1. The van der Waals surface area contributed by atoms with Crippen molar-refractivity contribution in [2.24, 2.45) is 0 Å². The fourth-order valence-corrected chi connectivity index (χ4v) is 2.14. The molecule has 0 aliphatic heterocycles. The molecular weight excluding hydrogens is 274 g/mol. The van der Waals surface area contributed by atoms with E-state index in [0.29, 0.717) is 16.7 Å². The van der Waals surface area contributed by atoms with Gasteiger partial charge in [-0.05, 0) is 36.8 Å². The lowest BCUT2D eigenvalue weighted by molar-refractivity contribution is 0.628. The Labute approximate surface area is 121 Å². The van der Waals surface area contributed by atoms with Gasteiger partial charge < -0.3 is 9.73 Å². The summed E-state index contributed by atoms with van der Waals surface area (Å²) in [6, 6.07) is 9.31. The highest BCUT2D eigenvalue weighted by Crippen LogP contribution is 2.28. The summed E-state index contributed by atoms with van der Waals surface area (Å²) in [5.41, 5.74) is 1.55. The van der Waals surface area contributed by atoms with Crippen LogP contribution in [0.25, 0.3) is 22.4 Å². The molecule has 0 fully saturated rings. The molecule has 0 radical (unpaired) electrons.